The molecule has 1 heterocycles. The van der Waals surface area contributed by atoms with Crippen LogP contribution in [0.2, 0.25) is 0 Å². The minimum Gasteiger partial charge on any atom is -0.270 e. The van der Waals surface area contributed by atoms with Gasteiger partial charge in [-0.2, -0.15) is 0 Å². The number of nitrogens with two attached hydrogens (primary N) is 1. The van der Waals surface area contributed by atoms with Crippen LogP contribution in [0.15, 0.2) is 29.2 Å². The van der Waals surface area contributed by atoms with E-state index in [1.165, 1.54) is 10.5 Å². The van der Waals surface area contributed by atoms with E-state index in [1.807, 2.05) is 12.1 Å². The molecule has 0 fully saturated rings. The molecule has 11 heavy (non-hydrogen) atoms. The first kappa shape index (κ1) is 7.12. The summed E-state index contributed by atoms with van der Waals surface area (Å²) in [6.07, 6.45) is 0.0937. The Kier molecular flexibility index (Phi) is 1.83. The number of rotatable bonds is 1. The minimum absolute atomic E-state index is 0.0937. The van der Waals surface area contributed by atoms with Crippen molar-refractivity contribution in [1.29, 1.82) is 0 Å². The quantitative estimate of drug-likeness (QED) is 0.328. The third-order valence-corrected chi connectivity index (χ3v) is 2.63. The molecule has 0 saturated heterocycles. The summed E-state index contributed by atoms with van der Waals surface area (Å²) < 4.78 is 3.15. The molecule has 1 atom stereocenters. The first-order chi connectivity index (χ1) is 5.42. The molecule has 1 unspecified atom stereocenters. The Morgan fingerprint density at radius 3 is 3.09 bits per heavy atom. The lowest BCUT2D eigenvalue weighted by atomic mass is 10.2. The van der Waals surface area contributed by atoms with Crippen LogP contribution in [0.3, 0.4) is 0 Å². The van der Waals surface area contributed by atoms with Crippen LogP contribution >= 0.6 is 11.9 Å². The van der Waals surface area contributed by atoms with Gasteiger partial charge in [0.2, 0.25) is 0 Å². The molecule has 0 spiro atoms. The predicted molar refractivity (Wildman–Crippen MR) is 45.5 cm³/mol. The summed E-state index contributed by atoms with van der Waals surface area (Å²) in [5.41, 5.74) is 3.91. The Morgan fingerprint density at radius 2 is 2.27 bits per heavy atom. The molecule has 0 aliphatic carbocycles. The van der Waals surface area contributed by atoms with Crippen LogP contribution < -0.4 is 16.0 Å². The molecule has 0 radical (unpaired) electrons. The molecule has 0 bridgehead atoms. The summed E-state index contributed by atoms with van der Waals surface area (Å²) in [5.74, 6) is 5.32. The molecule has 0 saturated carbocycles. The highest BCUT2D eigenvalue weighted by atomic mass is 32.2. The Bertz CT molecular complexity index is 264. The molecular weight excluding hydrogens is 158 g/mol. The molecule has 0 aromatic heterocycles. The summed E-state index contributed by atoms with van der Waals surface area (Å²) in [7, 11) is 0. The maximum absolute atomic E-state index is 5.32. The normalized spacial score (nSPS) is 21.7. The Labute approximate surface area is 69.5 Å². The van der Waals surface area contributed by atoms with Crippen molar-refractivity contribution >= 4 is 11.9 Å². The fourth-order valence-corrected chi connectivity index (χ4v) is 2.01. The molecule has 1 aliphatic rings. The van der Waals surface area contributed by atoms with Gasteiger partial charge in [0.05, 0.1) is 0 Å². The highest BCUT2D eigenvalue weighted by Crippen LogP contribution is 2.32. The van der Waals surface area contributed by atoms with Gasteiger partial charge in [-0.3, -0.25) is 5.84 Å². The molecule has 3 nitrogen and oxygen atoms in total. The molecule has 1 aliphatic heterocycles. The number of hydrogen-bond donors (Lipinski definition) is 3. The van der Waals surface area contributed by atoms with Crippen molar-refractivity contribution in [3.63, 3.8) is 0 Å². The first-order valence-electron chi connectivity index (χ1n) is 3.39. The number of benzene rings is 1. The van der Waals surface area contributed by atoms with E-state index in [0.29, 0.717) is 0 Å². The Morgan fingerprint density at radius 1 is 1.45 bits per heavy atom. The van der Waals surface area contributed by atoms with Gasteiger partial charge in [-0.1, -0.05) is 18.2 Å². The SMILES string of the molecule is NNC1NSc2ccccc21. The second kappa shape index (κ2) is 2.83. The molecule has 0 amide bonds. The highest BCUT2D eigenvalue weighted by Gasteiger charge is 2.19. The first-order valence-corrected chi connectivity index (χ1v) is 4.21. The largest absolute Gasteiger partial charge is 0.270 e. The molecular formula is C7H9N3S. The second-order valence-electron chi connectivity index (χ2n) is 2.36. The maximum atomic E-state index is 5.32. The van der Waals surface area contributed by atoms with Crippen LogP contribution in [0, 0.1) is 0 Å². The van der Waals surface area contributed by atoms with Crippen molar-refractivity contribution in [2.24, 2.45) is 5.84 Å². The molecule has 1 aromatic carbocycles. The van der Waals surface area contributed by atoms with Crippen molar-refractivity contribution in [3.8, 4) is 0 Å². The monoisotopic (exact) mass is 167 g/mol. The van der Waals surface area contributed by atoms with E-state index in [2.05, 4.69) is 22.3 Å². The van der Waals surface area contributed by atoms with E-state index >= 15 is 0 Å². The van der Waals surface area contributed by atoms with Gasteiger partial charge in [-0.05, 0) is 18.0 Å². The van der Waals surface area contributed by atoms with E-state index in [-0.39, 0.29) is 6.17 Å². The van der Waals surface area contributed by atoms with Crippen LogP contribution in [-0.2, 0) is 0 Å². The average molecular weight is 167 g/mol. The van der Waals surface area contributed by atoms with Crippen molar-refractivity contribution in [2.75, 3.05) is 0 Å². The number of hydrazine groups is 1. The number of nitrogens with one attached hydrogen (secondary N) is 2. The van der Waals surface area contributed by atoms with Crippen LogP contribution in [-0.4, -0.2) is 0 Å². The Hall–Kier alpha value is -0.550. The van der Waals surface area contributed by atoms with Crippen molar-refractivity contribution in [3.05, 3.63) is 29.8 Å². The third kappa shape index (κ3) is 1.14. The topological polar surface area (TPSA) is 50.1 Å². The standard InChI is InChI=1S/C7H9N3S/c8-9-7-5-3-1-2-4-6(5)11-10-7/h1-4,7,9-10H,8H2. The molecule has 4 heteroatoms. The van der Waals surface area contributed by atoms with Gasteiger partial charge in [-0.25, -0.2) is 10.1 Å². The van der Waals surface area contributed by atoms with Gasteiger partial charge < -0.3 is 0 Å². The number of hydrogen-bond acceptors (Lipinski definition) is 4. The van der Waals surface area contributed by atoms with Crippen molar-refractivity contribution in [1.82, 2.24) is 10.1 Å². The van der Waals surface area contributed by atoms with Gasteiger partial charge in [-0.15, -0.1) is 0 Å². The average Bonchev–Trinajstić information content (AvgIpc) is 2.47. The van der Waals surface area contributed by atoms with Gasteiger partial charge in [0.15, 0.2) is 0 Å². The van der Waals surface area contributed by atoms with Gasteiger partial charge in [0.1, 0.15) is 6.17 Å². The maximum Gasteiger partial charge on any atom is 0.106 e. The zero-order valence-corrected chi connectivity index (χ0v) is 6.69. The fourth-order valence-electron chi connectivity index (χ4n) is 1.12. The third-order valence-electron chi connectivity index (χ3n) is 1.68. The zero-order chi connectivity index (χ0) is 7.68. The van der Waals surface area contributed by atoms with Gasteiger partial charge in [0, 0.05) is 10.5 Å². The lowest BCUT2D eigenvalue weighted by Gasteiger charge is -2.07. The summed E-state index contributed by atoms with van der Waals surface area (Å²) >= 11 is 1.61. The van der Waals surface area contributed by atoms with Gasteiger partial charge in [0.25, 0.3) is 0 Å². The fraction of sp³-hybridized carbons (Fsp3) is 0.143. The highest BCUT2D eigenvalue weighted by molar-refractivity contribution is 7.97. The lowest BCUT2D eigenvalue weighted by molar-refractivity contribution is 0.548. The number of fused-ring (bicyclic) bond motifs is 1. The summed E-state index contributed by atoms with van der Waals surface area (Å²) in [4.78, 5) is 1.25. The lowest BCUT2D eigenvalue weighted by Crippen LogP contribution is -2.32. The second-order valence-corrected chi connectivity index (χ2v) is 3.24. The zero-order valence-electron chi connectivity index (χ0n) is 5.87. The molecule has 58 valence electrons. The molecule has 1 aromatic rings. The molecule has 4 N–H and O–H groups in total. The van der Waals surface area contributed by atoms with Crippen LogP contribution in [0.5, 0.6) is 0 Å². The van der Waals surface area contributed by atoms with E-state index in [9.17, 15) is 0 Å². The van der Waals surface area contributed by atoms with Crippen LogP contribution in [0.1, 0.15) is 11.7 Å². The van der Waals surface area contributed by atoms with Crippen molar-refractivity contribution < 1.29 is 0 Å². The predicted octanol–water partition coefficient (Wildman–Crippen LogP) is 0.759. The van der Waals surface area contributed by atoms with Crippen LogP contribution in [0.25, 0.3) is 0 Å². The van der Waals surface area contributed by atoms with E-state index in [1.54, 1.807) is 11.9 Å². The molecule has 2 rings (SSSR count). The summed E-state index contributed by atoms with van der Waals surface area (Å²) in [5, 5.41) is 0. The van der Waals surface area contributed by atoms with Crippen molar-refractivity contribution in [2.45, 2.75) is 11.1 Å². The van der Waals surface area contributed by atoms with E-state index < -0.39 is 0 Å². The van der Waals surface area contributed by atoms with Crippen LogP contribution in [0.4, 0.5) is 0 Å². The van der Waals surface area contributed by atoms with E-state index in [4.69, 9.17) is 5.84 Å². The summed E-state index contributed by atoms with van der Waals surface area (Å²) in [6.45, 7) is 0. The van der Waals surface area contributed by atoms with Gasteiger partial charge >= 0.3 is 0 Å². The smallest absolute Gasteiger partial charge is 0.106 e. The minimum atomic E-state index is 0.0937. The van der Waals surface area contributed by atoms with E-state index in [0.717, 1.165) is 0 Å². The Balaban J connectivity index is 2.39. The summed E-state index contributed by atoms with van der Waals surface area (Å²) in [6, 6.07) is 8.17.